The van der Waals surface area contributed by atoms with Gasteiger partial charge in [0.25, 0.3) is 0 Å². The van der Waals surface area contributed by atoms with Crippen LogP contribution in [-0.4, -0.2) is 26.1 Å². The predicted octanol–water partition coefficient (Wildman–Crippen LogP) is 3.01. The highest BCUT2D eigenvalue weighted by Gasteiger charge is 2.14. The Balaban J connectivity index is 1.77. The summed E-state index contributed by atoms with van der Waals surface area (Å²) in [5.74, 6) is 0.102. The molecule has 1 fully saturated rings. The van der Waals surface area contributed by atoms with Crippen LogP contribution in [0.4, 0.5) is 4.39 Å². The van der Waals surface area contributed by atoms with Crippen molar-refractivity contribution in [3.63, 3.8) is 0 Å². The van der Waals surface area contributed by atoms with Gasteiger partial charge in [0.15, 0.2) is 6.29 Å². The van der Waals surface area contributed by atoms with Crippen molar-refractivity contribution >= 4 is 11.6 Å². The summed E-state index contributed by atoms with van der Waals surface area (Å²) in [5.41, 5.74) is 0. The molecule has 1 aromatic carbocycles. The van der Waals surface area contributed by atoms with Crippen LogP contribution in [0, 0.1) is 5.82 Å². The van der Waals surface area contributed by atoms with Crippen LogP contribution in [0.2, 0.25) is 5.02 Å². The molecule has 94 valence electrons. The van der Waals surface area contributed by atoms with E-state index in [1.54, 1.807) is 0 Å². The molecule has 0 saturated carbocycles. The standard InChI is InChI=1S/C12H14ClFO3/c13-10-8-9(14)2-3-11(10)15-7-4-12-16-5-1-6-17-12/h2-3,8,12H,1,4-7H2. The van der Waals surface area contributed by atoms with Crippen LogP contribution < -0.4 is 4.74 Å². The number of ether oxygens (including phenoxy) is 3. The van der Waals surface area contributed by atoms with E-state index in [4.69, 9.17) is 25.8 Å². The van der Waals surface area contributed by atoms with Crippen molar-refractivity contribution in [2.24, 2.45) is 0 Å². The molecule has 0 amide bonds. The lowest BCUT2D eigenvalue weighted by Gasteiger charge is -2.23. The molecule has 0 N–H and O–H groups in total. The first-order chi connectivity index (χ1) is 8.25. The van der Waals surface area contributed by atoms with Gasteiger partial charge in [-0.15, -0.1) is 0 Å². The SMILES string of the molecule is Fc1ccc(OCCC2OCCCO2)c(Cl)c1. The number of benzene rings is 1. The van der Waals surface area contributed by atoms with Crippen LogP contribution in [0.5, 0.6) is 5.75 Å². The van der Waals surface area contributed by atoms with Gasteiger partial charge in [-0.3, -0.25) is 0 Å². The minimum atomic E-state index is -0.374. The van der Waals surface area contributed by atoms with E-state index in [0.29, 0.717) is 18.8 Å². The Labute approximate surface area is 104 Å². The fourth-order valence-corrected chi connectivity index (χ4v) is 1.78. The minimum absolute atomic E-state index is 0.206. The summed E-state index contributed by atoms with van der Waals surface area (Å²) in [6, 6.07) is 4.06. The van der Waals surface area contributed by atoms with E-state index in [0.717, 1.165) is 19.6 Å². The zero-order valence-electron chi connectivity index (χ0n) is 9.33. The molecule has 1 aliphatic rings. The smallest absolute Gasteiger partial charge is 0.160 e. The van der Waals surface area contributed by atoms with Crippen molar-refractivity contribution < 1.29 is 18.6 Å². The zero-order valence-corrected chi connectivity index (χ0v) is 10.1. The fraction of sp³-hybridized carbons (Fsp3) is 0.500. The van der Waals surface area contributed by atoms with E-state index in [9.17, 15) is 4.39 Å². The van der Waals surface area contributed by atoms with Gasteiger partial charge in [-0.05, 0) is 24.6 Å². The Morgan fingerprint density at radius 3 is 2.82 bits per heavy atom. The Kier molecular flexibility index (Phi) is 4.59. The Morgan fingerprint density at radius 1 is 1.35 bits per heavy atom. The summed E-state index contributed by atoms with van der Waals surface area (Å²) in [5, 5.41) is 0.274. The third-order valence-electron chi connectivity index (χ3n) is 2.40. The van der Waals surface area contributed by atoms with Crippen molar-refractivity contribution in [1.29, 1.82) is 0 Å². The van der Waals surface area contributed by atoms with Crippen molar-refractivity contribution in [1.82, 2.24) is 0 Å². The summed E-state index contributed by atoms with van der Waals surface area (Å²) >= 11 is 5.82. The molecule has 0 aromatic heterocycles. The minimum Gasteiger partial charge on any atom is -0.492 e. The lowest BCUT2D eigenvalue weighted by molar-refractivity contribution is -0.183. The molecular formula is C12H14ClFO3. The highest BCUT2D eigenvalue weighted by Crippen LogP contribution is 2.25. The molecule has 3 nitrogen and oxygen atoms in total. The third kappa shape index (κ3) is 3.84. The van der Waals surface area contributed by atoms with Crippen molar-refractivity contribution in [2.75, 3.05) is 19.8 Å². The summed E-state index contributed by atoms with van der Waals surface area (Å²) in [4.78, 5) is 0. The molecule has 1 aliphatic heterocycles. The molecule has 0 radical (unpaired) electrons. The van der Waals surface area contributed by atoms with E-state index in [2.05, 4.69) is 0 Å². The van der Waals surface area contributed by atoms with E-state index in [1.807, 2.05) is 0 Å². The van der Waals surface area contributed by atoms with E-state index < -0.39 is 0 Å². The topological polar surface area (TPSA) is 27.7 Å². The van der Waals surface area contributed by atoms with Crippen molar-refractivity contribution in [3.8, 4) is 5.75 Å². The lowest BCUT2D eigenvalue weighted by Crippen LogP contribution is -2.26. The molecule has 0 unspecified atom stereocenters. The van der Waals surface area contributed by atoms with Crippen LogP contribution >= 0.6 is 11.6 Å². The van der Waals surface area contributed by atoms with Gasteiger partial charge in [0.1, 0.15) is 11.6 Å². The number of halogens is 2. The molecule has 1 saturated heterocycles. The lowest BCUT2D eigenvalue weighted by atomic mass is 10.3. The van der Waals surface area contributed by atoms with Crippen molar-refractivity contribution in [3.05, 3.63) is 29.0 Å². The van der Waals surface area contributed by atoms with Crippen molar-refractivity contribution in [2.45, 2.75) is 19.1 Å². The molecular weight excluding hydrogens is 247 g/mol. The second-order valence-electron chi connectivity index (χ2n) is 3.74. The summed E-state index contributed by atoms with van der Waals surface area (Å²) in [6.07, 6.45) is 1.36. The first-order valence-corrected chi connectivity index (χ1v) is 5.94. The monoisotopic (exact) mass is 260 g/mol. The van der Waals surface area contributed by atoms with Gasteiger partial charge in [0, 0.05) is 6.42 Å². The number of hydrogen-bond donors (Lipinski definition) is 0. The molecule has 1 heterocycles. The van der Waals surface area contributed by atoms with Gasteiger partial charge in [-0.25, -0.2) is 4.39 Å². The van der Waals surface area contributed by atoms with Gasteiger partial charge >= 0.3 is 0 Å². The molecule has 17 heavy (non-hydrogen) atoms. The van der Waals surface area contributed by atoms with Gasteiger partial charge in [0.2, 0.25) is 0 Å². The summed E-state index contributed by atoms with van der Waals surface area (Å²) in [6.45, 7) is 1.87. The third-order valence-corrected chi connectivity index (χ3v) is 2.70. The van der Waals surface area contributed by atoms with E-state index >= 15 is 0 Å². The zero-order chi connectivity index (χ0) is 12.1. The maximum Gasteiger partial charge on any atom is 0.160 e. The van der Waals surface area contributed by atoms with E-state index in [1.165, 1.54) is 18.2 Å². The normalized spacial score (nSPS) is 17.1. The average molecular weight is 261 g/mol. The second kappa shape index (κ2) is 6.19. The summed E-state index contributed by atoms with van der Waals surface area (Å²) in [7, 11) is 0. The van der Waals surface area contributed by atoms with Crippen LogP contribution in [0.3, 0.4) is 0 Å². The number of rotatable bonds is 4. The van der Waals surface area contributed by atoms with Gasteiger partial charge in [-0.1, -0.05) is 11.6 Å². The highest BCUT2D eigenvalue weighted by atomic mass is 35.5. The fourth-order valence-electron chi connectivity index (χ4n) is 1.56. The molecule has 0 bridgehead atoms. The molecule has 5 heteroatoms. The Morgan fingerprint density at radius 2 is 2.12 bits per heavy atom. The quantitative estimate of drug-likeness (QED) is 0.833. The number of hydrogen-bond acceptors (Lipinski definition) is 3. The van der Waals surface area contributed by atoms with Crippen LogP contribution in [-0.2, 0) is 9.47 Å². The summed E-state index contributed by atoms with van der Waals surface area (Å²) < 4.78 is 29.0. The maximum atomic E-state index is 12.8. The van der Waals surface area contributed by atoms with Gasteiger partial charge < -0.3 is 14.2 Å². The van der Waals surface area contributed by atoms with Gasteiger partial charge in [-0.2, -0.15) is 0 Å². The first kappa shape index (κ1) is 12.6. The molecule has 2 rings (SSSR count). The van der Waals surface area contributed by atoms with E-state index in [-0.39, 0.29) is 17.1 Å². The molecule has 1 aromatic rings. The van der Waals surface area contributed by atoms with Crippen LogP contribution in [0.25, 0.3) is 0 Å². The Hall–Kier alpha value is -0.840. The molecule has 0 atom stereocenters. The molecule has 0 spiro atoms. The largest absolute Gasteiger partial charge is 0.492 e. The first-order valence-electron chi connectivity index (χ1n) is 5.57. The average Bonchev–Trinajstić information content (AvgIpc) is 2.33. The van der Waals surface area contributed by atoms with Crippen LogP contribution in [0.1, 0.15) is 12.8 Å². The van der Waals surface area contributed by atoms with Crippen LogP contribution in [0.15, 0.2) is 18.2 Å². The highest BCUT2D eigenvalue weighted by molar-refractivity contribution is 6.32. The van der Waals surface area contributed by atoms with Gasteiger partial charge in [0.05, 0.1) is 24.8 Å². The second-order valence-corrected chi connectivity index (χ2v) is 4.14. The maximum absolute atomic E-state index is 12.8. The predicted molar refractivity (Wildman–Crippen MR) is 61.8 cm³/mol. The molecule has 0 aliphatic carbocycles. The Bertz CT molecular complexity index is 367.